The Morgan fingerprint density at radius 3 is 2.58 bits per heavy atom. The highest BCUT2D eigenvalue weighted by Gasteiger charge is 2.07. The molecule has 2 N–H and O–H groups in total. The predicted molar refractivity (Wildman–Crippen MR) is 102 cm³/mol. The van der Waals surface area contributed by atoms with Gasteiger partial charge < -0.3 is 10.3 Å². The molecule has 1 aromatic heterocycles. The number of benzene rings is 2. The Hall–Kier alpha value is -1.88. The molecule has 0 unspecified atom stereocenters. The van der Waals surface area contributed by atoms with E-state index < -0.39 is 0 Å². The second kappa shape index (κ2) is 8.83. The quantitative estimate of drug-likeness (QED) is 0.716. The lowest BCUT2D eigenvalue weighted by Gasteiger charge is -2.21. The van der Waals surface area contributed by atoms with Crippen LogP contribution in [0.5, 0.6) is 0 Å². The fourth-order valence-corrected chi connectivity index (χ4v) is 2.92. The Balaban J connectivity index is 0.00000208. The summed E-state index contributed by atoms with van der Waals surface area (Å²) < 4.78 is 2.05. The molecule has 24 heavy (non-hydrogen) atoms. The molecule has 3 rings (SSSR count). The fourth-order valence-electron chi connectivity index (χ4n) is 2.92. The molecule has 1 heterocycles. The third kappa shape index (κ3) is 4.57. The van der Waals surface area contributed by atoms with Gasteiger partial charge in [-0.25, -0.2) is 4.98 Å². The van der Waals surface area contributed by atoms with Gasteiger partial charge in [0, 0.05) is 33.2 Å². The minimum Gasteiger partial charge on any atom is -0.334 e. The minimum absolute atomic E-state index is 0. The van der Waals surface area contributed by atoms with Crippen LogP contribution in [0.15, 0.2) is 54.9 Å². The van der Waals surface area contributed by atoms with Crippen molar-refractivity contribution in [3.05, 3.63) is 66.0 Å². The van der Waals surface area contributed by atoms with Crippen molar-refractivity contribution >= 4 is 23.4 Å². The molecule has 0 saturated heterocycles. The van der Waals surface area contributed by atoms with E-state index in [4.69, 9.17) is 5.73 Å². The van der Waals surface area contributed by atoms with Gasteiger partial charge in [-0.15, -0.1) is 12.4 Å². The molecular weight excluding hydrogens is 320 g/mol. The van der Waals surface area contributed by atoms with Crippen molar-refractivity contribution in [2.24, 2.45) is 12.8 Å². The summed E-state index contributed by atoms with van der Waals surface area (Å²) in [6.45, 7) is 3.52. The average Bonchev–Trinajstić information content (AvgIpc) is 2.94. The predicted octanol–water partition coefficient (Wildman–Crippen LogP) is 3.00. The smallest absolute Gasteiger partial charge is 0.0955 e. The van der Waals surface area contributed by atoms with E-state index in [0.29, 0.717) is 6.54 Å². The van der Waals surface area contributed by atoms with Crippen molar-refractivity contribution in [2.75, 3.05) is 19.6 Å². The molecule has 128 valence electrons. The Kier molecular flexibility index (Phi) is 6.79. The lowest BCUT2D eigenvalue weighted by atomic mass is 10.1. The summed E-state index contributed by atoms with van der Waals surface area (Å²) in [4.78, 5) is 6.86. The Morgan fingerprint density at radius 1 is 1.04 bits per heavy atom. The third-order valence-corrected chi connectivity index (χ3v) is 4.20. The monoisotopic (exact) mass is 344 g/mol. The number of imidazole rings is 1. The van der Waals surface area contributed by atoms with Crippen molar-refractivity contribution < 1.29 is 0 Å². The molecule has 0 bridgehead atoms. The van der Waals surface area contributed by atoms with E-state index in [9.17, 15) is 0 Å². The van der Waals surface area contributed by atoms with Crippen LogP contribution in [0.25, 0.3) is 11.0 Å². The van der Waals surface area contributed by atoms with Crippen LogP contribution in [-0.2, 0) is 20.0 Å². The largest absolute Gasteiger partial charge is 0.334 e. The number of aromatic nitrogens is 2. The average molecular weight is 345 g/mol. The minimum atomic E-state index is 0. The topological polar surface area (TPSA) is 47.1 Å². The van der Waals surface area contributed by atoms with Crippen LogP contribution in [0.3, 0.4) is 0 Å². The van der Waals surface area contributed by atoms with E-state index in [1.54, 1.807) is 0 Å². The maximum Gasteiger partial charge on any atom is 0.0955 e. The molecule has 0 aliphatic heterocycles. The van der Waals surface area contributed by atoms with Crippen LogP contribution in [0.1, 0.15) is 11.1 Å². The van der Waals surface area contributed by atoms with Gasteiger partial charge in [0.25, 0.3) is 0 Å². The first-order valence-corrected chi connectivity index (χ1v) is 8.12. The van der Waals surface area contributed by atoms with Crippen LogP contribution < -0.4 is 5.73 Å². The summed E-state index contributed by atoms with van der Waals surface area (Å²) in [7, 11) is 2.02. The molecule has 0 fully saturated rings. The van der Waals surface area contributed by atoms with E-state index in [2.05, 4.69) is 58.4 Å². The molecule has 0 radical (unpaired) electrons. The fraction of sp³-hybridized carbons (Fsp3) is 0.316. The van der Waals surface area contributed by atoms with Crippen LogP contribution >= 0.6 is 12.4 Å². The van der Waals surface area contributed by atoms with Crippen molar-refractivity contribution in [1.82, 2.24) is 14.5 Å². The highest BCUT2D eigenvalue weighted by Crippen LogP contribution is 2.15. The van der Waals surface area contributed by atoms with Crippen LogP contribution in [0.4, 0.5) is 0 Å². The van der Waals surface area contributed by atoms with Gasteiger partial charge in [0.1, 0.15) is 0 Å². The number of fused-ring (bicyclic) bond motifs is 1. The molecule has 0 saturated carbocycles. The number of aryl methyl sites for hydroxylation is 1. The summed E-state index contributed by atoms with van der Waals surface area (Å²) in [5, 5.41) is 0. The highest BCUT2D eigenvalue weighted by atomic mass is 35.5. The van der Waals surface area contributed by atoms with Crippen LogP contribution in [0, 0.1) is 0 Å². The van der Waals surface area contributed by atoms with Gasteiger partial charge >= 0.3 is 0 Å². The molecule has 0 amide bonds. The molecule has 5 heteroatoms. The Morgan fingerprint density at radius 2 is 1.83 bits per heavy atom. The summed E-state index contributed by atoms with van der Waals surface area (Å²) in [6, 6.07) is 17.1. The maximum atomic E-state index is 5.79. The van der Waals surface area contributed by atoms with Gasteiger partial charge in [-0.1, -0.05) is 36.4 Å². The zero-order chi connectivity index (χ0) is 16.1. The molecule has 2 aromatic carbocycles. The first-order valence-electron chi connectivity index (χ1n) is 8.12. The van der Waals surface area contributed by atoms with Gasteiger partial charge in [0.15, 0.2) is 0 Å². The molecule has 4 nitrogen and oxygen atoms in total. The normalized spacial score (nSPS) is 11.0. The maximum absolute atomic E-state index is 5.79. The summed E-state index contributed by atoms with van der Waals surface area (Å²) in [5.41, 5.74) is 10.7. The van der Waals surface area contributed by atoms with Crippen molar-refractivity contribution in [1.29, 1.82) is 0 Å². The van der Waals surface area contributed by atoms with Crippen molar-refractivity contribution in [3.63, 3.8) is 0 Å². The lowest BCUT2D eigenvalue weighted by Crippen LogP contribution is -2.31. The number of nitrogens with zero attached hydrogens (tertiary/aromatic N) is 3. The first-order chi connectivity index (χ1) is 11.3. The van der Waals surface area contributed by atoms with Gasteiger partial charge in [-0.2, -0.15) is 0 Å². The summed E-state index contributed by atoms with van der Waals surface area (Å²) >= 11 is 0. The molecular formula is C19H25ClN4. The van der Waals surface area contributed by atoms with Gasteiger partial charge in [0.05, 0.1) is 17.4 Å². The zero-order valence-electron chi connectivity index (χ0n) is 14.1. The second-order valence-electron chi connectivity index (χ2n) is 5.98. The number of rotatable bonds is 7. The lowest BCUT2D eigenvalue weighted by molar-refractivity contribution is 0.276. The Bertz CT molecular complexity index is 754. The molecule has 0 aliphatic rings. The number of halogens is 1. The van der Waals surface area contributed by atoms with Crippen LogP contribution in [0.2, 0.25) is 0 Å². The first kappa shape index (κ1) is 18.5. The van der Waals surface area contributed by atoms with Crippen molar-refractivity contribution in [2.45, 2.75) is 13.0 Å². The third-order valence-electron chi connectivity index (χ3n) is 4.20. The SMILES string of the molecule is Cl.Cn1cnc2cc(CN(CCN)CCc3ccccc3)ccc21. The molecule has 0 atom stereocenters. The molecule has 0 aliphatic carbocycles. The van der Waals surface area contributed by atoms with Gasteiger partial charge in [-0.3, -0.25) is 4.90 Å². The van der Waals surface area contributed by atoms with E-state index in [0.717, 1.165) is 31.6 Å². The van der Waals surface area contributed by atoms with Gasteiger partial charge in [-0.05, 0) is 29.7 Å². The summed E-state index contributed by atoms with van der Waals surface area (Å²) in [5.74, 6) is 0. The second-order valence-corrected chi connectivity index (χ2v) is 5.98. The summed E-state index contributed by atoms with van der Waals surface area (Å²) in [6.07, 6.45) is 2.91. The van der Waals surface area contributed by atoms with E-state index >= 15 is 0 Å². The number of hydrogen-bond donors (Lipinski definition) is 1. The number of hydrogen-bond acceptors (Lipinski definition) is 3. The molecule has 0 spiro atoms. The zero-order valence-corrected chi connectivity index (χ0v) is 14.9. The number of nitrogens with two attached hydrogens (primary N) is 1. The van der Waals surface area contributed by atoms with Crippen LogP contribution in [-0.4, -0.2) is 34.1 Å². The van der Waals surface area contributed by atoms with E-state index in [1.807, 2.05) is 17.9 Å². The van der Waals surface area contributed by atoms with Crippen molar-refractivity contribution in [3.8, 4) is 0 Å². The van der Waals surface area contributed by atoms with E-state index in [-0.39, 0.29) is 12.4 Å². The van der Waals surface area contributed by atoms with E-state index in [1.165, 1.54) is 16.6 Å². The van der Waals surface area contributed by atoms with Gasteiger partial charge in [0.2, 0.25) is 0 Å². The standard InChI is InChI=1S/C19H24N4.ClH/c1-22-15-21-18-13-17(7-8-19(18)22)14-23(12-10-20)11-9-16-5-3-2-4-6-16;/h2-8,13,15H,9-12,14,20H2,1H3;1H. The molecule has 3 aromatic rings. The Labute approximate surface area is 149 Å². The highest BCUT2D eigenvalue weighted by molar-refractivity contribution is 5.85.